The highest BCUT2D eigenvalue weighted by Crippen LogP contribution is 2.44. The highest BCUT2D eigenvalue weighted by Gasteiger charge is 2.26. The molecule has 0 amide bonds. The smallest absolute Gasteiger partial charge is 0.0560 e. The standard InChI is InChI=1S/C76H57N3/c1-50-19-21-53(22-20-50)55-27-39-64(40-28-55)78-71-43-33-60(48-69(71)75-67-17-8-6-14-58(67)31-45-73(75)78)61-34-44-72-70(49-61)76-68-18-9-7-15-59(68)32-46-74(76)79(72)65-41-29-57(30-42-65)56-25-37-63(38-26-56)77(66-16-10-11-51(2)47-66)62-35-23-54(24-36-62)52-12-4-3-5-13-52/h3-32,34-37,39-42,44-49,63H,33,38,43H2,1-2H3. The first kappa shape index (κ1) is 46.6. The summed E-state index contributed by atoms with van der Waals surface area (Å²) >= 11 is 0. The number of anilines is 2. The Morgan fingerprint density at radius 2 is 0.987 bits per heavy atom. The summed E-state index contributed by atoms with van der Waals surface area (Å²) in [7, 11) is 0. The Bertz CT molecular complexity index is 4600. The van der Waals surface area contributed by atoms with Crippen LogP contribution >= 0.6 is 0 Å². The molecule has 0 saturated heterocycles. The lowest BCUT2D eigenvalue weighted by atomic mass is 9.89. The molecule has 1 atom stereocenters. The largest absolute Gasteiger partial charge is 0.334 e. The molecule has 0 radical (unpaired) electrons. The van der Waals surface area contributed by atoms with Crippen molar-refractivity contribution in [1.29, 1.82) is 0 Å². The van der Waals surface area contributed by atoms with Gasteiger partial charge in [0, 0.05) is 50.2 Å². The Balaban J connectivity index is 0.779. The maximum atomic E-state index is 2.53. The molecular weight excluding hydrogens is 955 g/mol. The predicted molar refractivity (Wildman–Crippen MR) is 336 cm³/mol. The van der Waals surface area contributed by atoms with Crippen LogP contribution in [0.1, 0.15) is 46.4 Å². The van der Waals surface area contributed by atoms with E-state index >= 15 is 0 Å². The summed E-state index contributed by atoms with van der Waals surface area (Å²) in [6, 6.07) is 90.2. The topological polar surface area (TPSA) is 13.1 Å². The van der Waals surface area contributed by atoms with E-state index in [9.17, 15) is 0 Å². The SMILES string of the molecule is Cc1ccc(-c2ccc(-n3c4c(c5c6ccccc6ccc53)C=C(c3ccc5c(c3)c3c6ccccc6ccc3n5-c3ccc(C5=CCC(N(c6ccc(-c7ccccc7)cc6)c6cccc(C)c6)C=C5)cc3)CC4)cc2)cc1. The summed E-state index contributed by atoms with van der Waals surface area (Å²) in [6.45, 7) is 4.32. The van der Waals surface area contributed by atoms with E-state index in [0.717, 1.165) is 24.9 Å². The van der Waals surface area contributed by atoms with Gasteiger partial charge in [-0.15, -0.1) is 0 Å². The third-order valence-corrected chi connectivity index (χ3v) is 16.9. The van der Waals surface area contributed by atoms with Crippen LogP contribution in [0.2, 0.25) is 0 Å². The monoisotopic (exact) mass is 1010 g/mol. The van der Waals surface area contributed by atoms with Gasteiger partial charge in [0.2, 0.25) is 0 Å². The van der Waals surface area contributed by atoms with Crippen molar-refractivity contribution in [2.45, 2.75) is 39.2 Å². The lowest BCUT2D eigenvalue weighted by Gasteiger charge is -2.33. The Hall–Kier alpha value is -9.70. The van der Waals surface area contributed by atoms with Gasteiger partial charge in [-0.25, -0.2) is 0 Å². The van der Waals surface area contributed by atoms with Gasteiger partial charge in [0.15, 0.2) is 0 Å². The molecule has 1 unspecified atom stereocenters. The van der Waals surface area contributed by atoms with Crippen molar-refractivity contribution in [3.63, 3.8) is 0 Å². The first-order chi connectivity index (χ1) is 39.0. The van der Waals surface area contributed by atoms with Crippen molar-refractivity contribution in [3.05, 3.63) is 294 Å². The van der Waals surface area contributed by atoms with E-state index in [4.69, 9.17) is 0 Å². The van der Waals surface area contributed by atoms with Gasteiger partial charge in [-0.2, -0.15) is 0 Å². The molecule has 0 fully saturated rings. The van der Waals surface area contributed by atoms with Crippen molar-refractivity contribution in [1.82, 2.24) is 9.13 Å². The number of hydrogen-bond acceptors (Lipinski definition) is 1. The molecule has 0 bridgehead atoms. The number of aryl methyl sites for hydroxylation is 2. The molecule has 3 heteroatoms. The predicted octanol–water partition coefficient (Wildman–Crippen LogP) is 20.0. The third-order valence-electron chi connectivity index (χ3n) is 16.9. The summed E-state index contributed by atoms with van der Waals surface area (Å²) in [5.41, 5.74) is 23.7. The molecule has 3 nitrogen and oxygen atoms in total. The lowest BCUT2D eigenvalue weighted by Crippen LogP contribution is -2.30. The zero-order chi connectivity index (χ0) is 52.6. The van der Waals surface area contributed by atoms with Crippen LogP contribution in [-0.4, -0.2) is 15.2 Å². The first-order valence-electron chi connectivity index (χ1n) is 27.9. The fourth-order valence-corrected chi connectivity index (χ4v) is 13.0. The number of nitrogens with zero attached hydrogens (tertiary/aromatic N) is 3. The van der Waals surface area contributed by atoms with E-state index in [-0.39, 0.29) is 6.04 Å². The fraction of sp³-hybridized carbons (Fsp3) is 0.0789. The van der Waals surface area contributed by atoms with Crippen LogP contribution in [0.3, 0.4) is 0 Å². The number of aromatic nitrogens is 2. The van der Waals surface area contributed by atoms with Gasteiger partial charge in [-0.05, 0) is 184 Å². The summed E-state index contributed by atoms with van der Waals surface area (Å²) < 4.78 is 5.01. The number of hydrogen-bond donors (Lipinski definition) is 0. The third kappa shape index (κ3) is 8.12. The van der Waals surface area contributed by atoms with E-state index < -0.39 is 0 Å². The van der Waals surface area contributed by atoms with Gasteiger partial charge in [0.05, 0.1) is 22.6 Å². The minimum absolute atomic E-state index is 0.171. The second-order valence-electron chi connectivity index (χ2n) is 21.7. The number of fused-ring (bicyclic) bond motifs is 10. The van der Waals surface area contributed by atoms with Gasteiger partial charge < -0.3 is 14.0 Å². The van der Waals surface area contributed by atoms with Crippen molar-refractivity contribution in [2.24, 2.45) is 0 Å². The first-order valence-corrected chi connectivity index (χ1v) is 27.9. The quantitative estimate of drug-likeness (QED) is 0.140. The van der Waals surface area contributed by atoms with Crippen LogP contribution in [0, 0.1) is 13.8 Å². The molecule has 0 N–H and O–H groups in total. The zero-order valence-electron chi connectivity index (χ0n) is 44.4. The zero-order valence-corrected chi connectivity index (χ0v) is 44.4. The molecule has 11 aromatic carbocycles. The normalized spacial score (nSPS) is 14.3. The highest BCUT2D eigenvalue weighted by molar-refractivity contribution is 6.22. The van der Waals surface area contributed by atoms with Crippen molar-refractivity contribution >= 4 is 82.9 Å². The van der Waals surface area contributed by atoms with Gasteiger partial charge in [-0.3, -0.25) is 0 Å². The van der Waals surface area contributed by atoms with E-state index in [2.05, 4.69) is 295 Å². The molecule has 2 heterocycles. The van der Waals surface area contributed by atoms with Crippen LogP contribution in [0.15, 0.2) is 261 Å². The lowest BCUT2D eigenvalue weighted by molar-refractivity contribution is 0.787. The van der Waals surface area contributed by atoms with E-state index in [1.54, 1.807) is 0 Å². The van der Waals surface area contributed by atoms with Gasteiger partial charge in [0.1, 0.15) is 0 Å². The summed E-state index contributed by atoms with van der Waals surface area (Å²) in [5, 5.41) is 8.99. The van der Waals surface area contributed by atoms with Crippen LogP contribution in [-0.2, 0) is 6.42 Å². The summed E-state index contributed by atoms with van der Waals surface area (Å²) in [4.78, 5) is 2.49. The molecule has 2 aliphatic carbocycles. The Labute approximate surface area is 461 Å². The maximum absolute atomic E-state index is 2.53. The minimum Gasteiger partial charge on any atom is -0.334 e. The van der Waals surface area contributed by atoms with Gasteiger partial charge >= 0.3 is 0 Å². The van der Waals surface area contributed by atoms with E-state index in [0.29, 0.717) is 0 Å². The molecule has 0 spiro atoms. The molecule has 79 heavy (non-hydrogen) atoms. The fourth-order valence-electron chi connectivity index (χ4n) is 13.0. The number of allylic oxidation sites excluding steroid dienone is 3. The minimum atomic E-state index is 0.171. The van der Waals surface area contributed by atoms with E-state index in [1.165, 1.54) is 138 Å². The van der Waals surface area contributed by atoms with Crippen molar-refractivity contribution in [2.75, 3.05) is 4.90 Å². The summed E-state index contributed by atoms with van der Waals surface area (Å²) in [5.74, 6) is 0. The second kappa shape index (κ2) is 19.1. The Morgan fingerprint density at radius 3 is 1.67 bits per heavy atom. The Morgan fingerprint density at radius 1 is 0.405 bits per heavy atom. The van der Waals surface area contributed by atoms with E-state index in [1.807, 2.05) is 0 Å². The van der Waals surface area contributed by atoms with Crippen molar-refractivity contribution < 1.29 is 0 Å². The molecule has 2 aromatic heterocycles. The highest BCUT2D eigenvalue weighted by atomic mass is 15.2. The maximum Gasteiger partial charge on any atom is 0.0560 e. The molecule has 376 valence electrons. The number of rotatable bonds is 9. The van der Waals surface area contributed by atoms with Gasteiger partial charge in [-0.1, -0.05) is 194 Å². The molecule has 0 saturated carbocycles. The van der Waals surface area contributed by atoms with Gasteiger partial charge in [0.25, 0.3) is 0 Å². The molecular formula is C76H57N3. The summed E-state index contributed by atoms with van der Waals surface area (Å²) in [6.07, 6.45) is 12.4. The molecule has 0 aliphatic heterocycles. The van der Waals surface area contributed by atoms with Crippen LogP contribution < -0.4 is 4.90 Å². The van der Waals surface area contributed by atoms with Crippen LogP contribution in [0.4, 0.5) is 11.4 Å². The van der Waals surface area contributed by atoms with Crippen LogP contribution in [0.25, 0.3) is 105 Å². The average molecular weight is 1010 g/mol. The van der Waals surface area contributed by atoms with Crippen LogP contribution in [0.5, 0.6) is 0 Å². The molecule has 15 rings (SSSR count). The Kier molecular flexibility index (Phi) is 11.3. The molecule has 13 aromatic rings. The number of benzene rings is 11. The second-order valence-corrected chi connectivity index (χ2v) is 21.7. The molecule has 2 aliphatic rings. The van der Waals surface area contributed by atoms with Crippen molar-refractivity contribution in [3.8, 4) is 33.6 Å². The average Bonchev–Trinajstić information content (AvgIpc) is 4.27.